The lowest BCUT2D eigenvalue weighted by atomic mass is 10.1. The van der Waals surface area contributed by atoms with E-state index in [1.807, 2.05) is 18.2 Å². The minimum absolute atomic E-state index is 0.0390. The van der Waals surface area contributed by atoms with Crippen LogP contribution in [0.1, 0.15) is 29.0 Å². The number of hydrogen-bond acceptors (Lipinski definition) is 5. The lowest BCUT2D eigenvalue weighted by Crippen LogP contribution is -2.42. The summed E-state index contributed by atoms with van der Waals surface area (Å²) in [5.74, 6) is 0.532. The number of nitrogens with one attached hydrogen (secondary N) is 1. The number of carbonyl (C=O) groups excluding carboxylic acids is 2. The molecular formula is C22H25ClN2O6. The summed E-state index contributed by atoms with van der Waals surface area (Å²) < 4.78 is 11.4. The van der Waals surface area contributed by atoms with Crippen LogP contribution in [-0.2, 0) is 14.3 Å². The molecule has 1 atom stereocenters. The van der Waals surface area contributed by atoms with E-state index in [2.05, 4.69) is 5.32 Å². The van der Waals surface area contributed by atoms with Gasteiger partial charge in [-0.2, -0.15) is 0 Å². The maximum absolute atomic E-state index is 13.2. The molecule has 9 heteroatoms. The van der Waals surface area contributed by atoms with Crippen molar-refractivity contribution in [3.63, 3.8) is 0 Å². The number of rotatable bonds is 4. The van der Waals surface area contributed by atoms with E-state index in [9.17, 15) is 9.59 Å². The van der Waals surface area contributed by atoms with Gasteiger partial charge in [0.15, 0.2) is 0 Å². The predicted octanol–water partition coefficient (Wildman–Crippen LogP) is 2.98. The van der Waals surface area contributed by atoms with Gasteiger partial charge in [0.1, 0.15) is 11.5 Å². The molecule has 2 heterocycles. The second-order valence-corrected chi connectivity index (χ2v) is 7.88. The van der Waals surface area contributed by atoms with Crippen LogP contribution in [0, 0.1) is 12.8 Å². The van der Waals surface area contributed by atoms with Crippen LogP contribution in [0.2, 0.25) is 5.02 Å². The quantitative estimate of drug-likeness (QED) is 0.696. The number of hydrogen-bond donors (Lipinski definition) is 2. The molecule has 166 valence electrons. The Morgan fingerprint density at radius 3 is 2.68 bits per heavy atom. The Morgan fingerprint density at radius 1 is 1.29 bits per heavy atom. The number of ether oxygens (including phenoxy) is 1. The summed E-state index contributed by atoms with van der Waals surface area (Å²) in [6.45, 7) is 3.03. The first-order chi connectivity index (χ1) is 14.9. The predicted molar refractivity (Wildman–Crippen MR) is 114 cm³/mol. The molecular weight excluding hydrogens is 424 g/mol. The SMILES string of the molecule is Cc1oc(-c2ccccc2Cl)cc1C(=O)N1CCOCC(C(=O)NC2CC2)C1.O=CO. The maximum Gasteiger partial charge on any atom is 0.290 e. The molecule has 0 radical (unpaired) electrons. The highest BCUT2D eigenvalue weighted by Crippen LogP contribution is 2.31. The normalized spacial score (nSPS) is 18.4. The fourth-order valence-electron chi connectivity index (χ4n) is 3.36. The van der Waals surface area contributed by atoms with Gasteiger partial charge in [-0.05, 0) is 38.0 Å². The van der Waals surface area contributed by atoms with Gasteiger partial charge in [-0.1, -0.05) is 23.7 Å². The molecule has 1 saturated heterocycles. The Kier molecular flexibility index (Phi) is 7.70. The molecule has 2 aromatic rings. The molecule has 0 spiro atoms. The molecule has 1 aliphatic carbocycles. The summed E-state index contributed by atoms with van der Waals surface area (Å²) in [5, 5.41) is 10.5. The van der Waals surface area contributed by atoms with Gasteiger partial charge in [-0.15, -0.1) is 0 Å². The lowest BCUT2D eigenvalue weighted by Gasteiger charge is -2.23. The number of aryl methyl sites for hydroxylation is 1. The van der Waals surface area contributed by atoms with E-state index < -0.39 is 0 Å². The van der Waals surface area contributed by atoms with Crippen molar-refractivity contribution in [2.75, 3.05) is 26.3 Å². The Morgan fingerprint density at radius 2 is 2.00 bits per heavy atom. The molecule has 4 rings (SSSR count). The van der Waals surface area contributed by atoms with Gasteiger partial charge in [-0.3, -0.25) is 14.4 Å². The first kappa shape index (κ1) is 22.8. The fraction of sp³-hybridized carbons (Fsp3) is 0.409. The Hall–Kier alpha value is -2.84. The Bertz CT molecular complexity index is 940. The van der Waals surface area contributed by atoms with Gasteiger partial charge in [0, 0.05) is 24.7 Å². The first-order valence-corrected chi connectivity index (χ1v) is 10.4. The molecule has 2 fully saturated rings. The molecule has 2 N–H and O–H groups in total. The summed E-state index contributed by atoms with van der Waals surface area (Å²) in [6.07, 6.45) is 2.06. The van der Waals surface area contributed by atoms with Gasteiger partial charge in [0.2, 0.25) is 5.91 Å². The average molecular weight is 449 g/mol. The molecule has 31 heavy (non-hydrogen) atoms. The van der Waals surface area contributed by atoms with Crippen molar-refractivity contribution in [2.45, 2.75) is 25.8 Å². The number of carbonyl (C=O) groups is 3. The van der Waals surface area contributed by atoms with Gasteiger partial charge in [0.25, 0.3) is 12.4 Å². The van der Waals surface area contributed by atoms with Crippen molar-refractivity contribution in [1.29, 1.82) is 0 Å². The Labute approximate surface area is 185 Å². The van der Waals surface area contributed by atoms with Crippen molar-refractivity contribution in [3.05, 3.63) is 46.7 Å². The zero-order chi connectivity index (χ0) is 22.4. The fourth-order valence-corrected chi connectivity index (χ4v) is 3.59. The third kappa shape index (κ3) is 5.86. The maximum atomic E-state index is 13.2. The standard InChI is InChI=1S/C21H23ClN2O4.CH2O2/c1-13-17(10-19(28-13)16-4-2-3-5-18(16)22)21(26)24-8-9-27-12-14(11-24)20(25)23-15-6-7-15;2-1-3/h2-5,10,14-15H,6-9,11-12H2,1H3,(H,23,25);1H,(H,2,3). The molecule has 2 amide bonds. The van der Waals surface area contributed by atoms with Crippen LogP contribution in [0.5, 0.6) is 0 Å². The third-order valence-electron chi connectivity index (χ3n) is 5.13. The van der Waals surface area contributed by atoms with Crippen LogP contribution < -0.4 is 5.32 Å². The number of benzene rings is 1. The van der Waals surface area contributed by atoms with Crippen LogP contribution in [0.4, 0.5) is 0 Å². The zero-order valence-electron chi connectivity index (χ0n) is 17.2. The topological polar surface area (TPSA) is 109 Å². The Balaban J connectivity index is 0.000000858. The van der Waals surface area contributed by atoms with E-state index in [4.69, 9.17) is 30.7 Å². The molecule has 1 aromatic carbocycles. The number of furan rings is 1. The molecule has 1 aliphatic heterocycles. The van der Waals surface area contributed by atoms with Crippen molar-refractivity contribution >= 4 is 29.9 Å². The summed E-state index contributed by atoms with van der Waals surface area (Å²) in [7, 11) is 0. The van der Waals surface area contributed by atoms with Gasteiger partial charge in [0.05, 0.1) is 29.7 Å². The van der Waals surface area contributed by atoms with Crippen molar-refractivity contribution in [3.8, 4) is 11.3 Å². The van der Waals surface area contributed by atoms with Crippen molar-refractivity contribution in [2.24, 2.45) is 5.92 Å². The highest BCUT2D eigenvalue weighted by atomic mass is 35.5. The molecule has 1 aromatic heterocycles. The number of halogens is 1. The number of nitrogens with zero attached hydrogens (tertiary/aromatic N) is 1. The summed E-state index contributed by atoms with van der Waals surface area (Å²) >= 11 is 6.25. The van der Waals surface area contributed by atoms with Crippen LogP contribution in [-0.4, -0.2) is 60.6 Å². The van der Waals surface area contributed by atoms with E-state index in [0.717, 1.165) is 18.4 Å². The van der Waals surface area contributed by atoms with E-state index in [1.54, 1.807) is 24.0 Å². The summed E-state index contributed by atoms with van der Waals surface area (Å²) in [4.78, 5) is 35.6. The second-order valence-electron chi connectivity index (χ2n) is 7.47. The third-order valence-corrected chi connectivity index (χ3v) is 5.46. The van der Waals surface area contributed by atoms with Crippen LogP contribution in [0.3, 0.4) is 0 Å². The highest BCUT2D eigenvalue weighted by Gasteiger charge is 2.32. The minimum atomic E-state index is -0.359. The van der Waals surface area contributed by atoms with Crippen LogP contribution in [0.15, 0.2) is 34.7 Å². The van der Waals surface area contributed by atoms with E-state index in [-0.39, 0.29) is 30.2 Å². The zero-order valence-corrected chi connectivity index (χ0v) is 17.9. The van der Waals surface area contributed by atoms with Gasteiger partial charge in [-0.25, -0.2) is 0 Å². The van der Waals surface area contributed by atoms with Crippen LogP contribution in [0.25, 0.3) is 11.3 Å². The smallest absolute Gasteiger partial charge is 0.290 e. The monoisotopic (exact) mass is 448 g/mol. The molecule has 1 saturated carbocycles. The highest BCUT2D eigenvalue weighted by molar-refractivity contribution is 6.33. The molecule has 2 aliphatic rings. The van der Waals surface area contributed by atoms with Crippen LogP contribution >= 0.6 is 11.6 Å². The second kappa shape index (κ2) is 10.5. The van der Waals surface area contributed by atoms with E-state index in [1.165, 1.54) is 0 Å². The van der Waals surface area contributed by atoms with Gasteiger partial charge >= 0.3 is 0 Å². The number of carboxylic acid groups (broad SMARTS) is 1. The minimum Gasteiger partial charge on any atom is -0.483 e. The van der Waals surface area contributed by atoms with Crippen molar-refractivity contribution < 1.29 is 28.6 Å². The van der Waals surface area contributed by atoms with Gasteiger partial charge < -0.3 is 24.5 Å². The van der Waals surface area contributed by atoms with Crippen molar-refractivity contribution in [1.82, 2.24) is 10.2 Å². The van der Waals surface area contributed by atoms with E-state index in [0.29, 0.717) is 48.4 Å². The lowest BCUT2D eigenvalue weighted by molar-refractivity contribution is -0.126. The summed E-state index contributed by atoms with van der Waals surface area (Å²) in [6, 6.07) is 9.37. The number of amides is 2. The summed E-state index contributed by atoms with van der Waals surface area (Å²) in [5.41, 5.74) is 1.23. The largest absolute Gasteiger partial charge is 0.483 e. The average Bonchev–Trinajstić information content (AvgIpc) is 3.52. The molecule has 0 bridgehead atoms. The van der Waals surface area contributed by atoms with E-state index >= 15 is 0 Å². The first-order valence-electron chi connectivity index (χ1n) is 10.0. The molecule has 1 unspecified atom stereocenters. The molecule has 8 nitrogen and oxygen atoms in total.